The van der Waals surface area contributed by atoms with Crippen molar-refractivity contribution >= 4 is 11.9 Å². The Hall–Kier alpha value is -2.63. The maximum atomic E-state index is 12.6. The first kappa shape index (κ1) is 17.8. The number of nitrogens with zero attached hydrogens (tertiary/aromatic N) is 1. The Morgan fingerprint density at radius 3 is 2.63 bits per heavy atom. The van der Waals surface area contributed by atoms with E-state index in [2.05, 4.69) is 4.90 Å². The molecule has 27 heavy (non-hydrogen) atoms. The highest BCUT2D eigenvalue weighted by molar-refractivity contribution is 6.14. The van der Waals surface area contributed by atoms with Gasteiger partial charge in [-0.25, -0.2) is 0 Å². The van der Waals surface area contributed by atoms with E-state index in [0.29, 0.717) is 30.1 Å². The molecule has 0 radical (unpaired) electrons. The van der Waals surface area contributed by atoms with Gasteiger partial charge in [0.25, 0.3) is 0 Å². The number of Topliss-reactive ketones (excluding diaryl/α,β-unsaturated/α-hetero) is 1. The van der Waals surface area contributed by atoms with Crippen LogP contribution in [0.1, 0.15) is 15.9 Å². The van der Waals surface area contributed by atoms with Gasteiger partial charge in [-0.2, -0.15) is 0 Å². The number of morpholine rings is 1. The second kappa shape index (κ2) is 8.37. The van der Waals surface area contributed by atoms with Crippen molar-refractivity contribution in [2.24, 2.45) is 0 Å². The van der Waals surface area contributed by atoms with Gasteiger partial charge in [-0.15, -0.1) is 0 Å². The Morgan fingerprint density at radius 1 is 1.04 bits per heavy atom. The molecule has 2 aliphatic heterocycles. The Labute approximate surface area is 159 Å². The van der Waals surface area contributed by atoms with E-state index in [1.165, 1.54) is 0 Å². The van der Waals surface area contributed by atoms with Gasteiger partial charge in [-0.05, 0) is 35.9 Å². The first-order chi connectivity index (χ1) is 13.3. The van der Waals surface area contributed by atoms with Gasteiger partial charge < -0.3 is 14.2 Å². The first-order valence-electron chi connectivity index (χ1n) is 9.30. The van der Waals surface area contributed by atoms with Crippen molar-refractivity contribution in [3.05, 3.63) is 65.2 Å². The molecule has 2 heterocycles. The van der Waals surface area contributed by atoms with E-state index in [1.54, 1.807) is 6.07 Å². The maximum absolute atomic E-state index is 12.6. The number of ketones is 1. The summed E-state index contributed by atoms with van der Waals surface area (Å²) in [6, 6.07) is 15.2. The highest BCUT2D eigenvalue weighted by Gasteiger charge is 2.22. The van der Waals surface area contributed by atoms with E-state index < -0.39 is 0 Å². The third-order valence-electron chi connectivity index (χ3n) is 4.81. The van der Waals surface area contributed by atoms with Crippen LogP contribution in [-0.4, -0.2) is 56.7 Å². The average molecular weight is 365 g/mol. The molecule has 1 fully saturated rings. The van der Waals surface area contributed by atoms with Crippen LogP contribution in [0.25, 0.3) is 6.08 Å². The van der Waals surface area contributed by atoms with E-state index in [0.717, 1.165) is 44.2 Å². The van der Waals surface area contributed by atoms with Crippen molar-refractivity contribution in [1.82, 2.24) is 4.90 Å². The van der Waals surface area contributed by atoms with Gasteiger partial charge in [0.05, 0.1) is 18.8 Å². The zero-order chi connectivity index (χ0) is 18.5. The Kier molecular flexibility index (Phi) is 5.51. The number of hydrogen-bond acceptors (Lipinski definition) is 5. The molecular weight excluding hydrogens is 342 g/mol. The van der Waals surface area contributed by atoms with Crippen molar-refractivity contribution < 1.29 is 19.0 Å². The monoisotopic (exact) mass is 365 g/mol. The predicted molar refractivity (Wildman–Crippen MR) is 103 cm³/mol. The molecule has 0 aromatic heterocycles. The van der Waals surface area contributed by atoms with Crippen LogP contribution in [-0.2, 0) is 4.74 Å². The molecule has 2 aromatic carbocycles. The van der Waals surface area contributed by atoms with Gasteiger partial charge in [-0.3, -0.25) is 9.69 Å². The summed E-state index contributed by atoms with van der Waals surface area (Å²) in [6.07, 6.45) is 1.88. The van der Waals surface area contributed by atoms with Crippen LogP contribution >= 0.6 is 0 Å². The molecular formula is C22H23NO4. The smallest absolute Gasteiger partial charge is 0.196 e. The van der Waals surface area contributed by atoms with Crippen molar-refractivity contribution in [3.63, 3.8) is 0 Å². The minimum absolute atomic E-state index is 0.0303. The normalized spacial score (nSPS) is 18.8. The summed E-state index contributed by atoms with van der Waals surface area (Å²) in [6.45, 7) is 5.40. The van der Waals surface area contributed by atoms with E-state index >= 15 is 0 Å². The fourth-order valence-electron chi connectivity index (χ4n) is 3.26. The molecule has 140 valence electrons. The molecule has 0 amide bonds. The van der Waals surface area contributed by atoms with Gasteiger partial charge in [0, 0.05) is 25.2 Å². The molecule has 0 spiro atoms. The van der Waals surface area contributed by atoms with E-state index in [1.807, 2.05) is 48.5 Å². The number of hydrogen-bond donors (Lipinski definition) is 0. The third kappa shape index (κ3) is 4.38. The predicted octanol–water partition coefficient (Wildman–Crippen LogP) is 3.06. The molecule has 0 saturated carbocycles. The lowest BCUT2D eigenvalue weighted by atomic mass is 9.98. The lowest BCUT2D eigenvalue weighted by Gasteiger charge is -2.26. The Balaban J connectivity index is 1.35. The second-order valence-corrected chi connectivity index (χ2v) is 6.66. The van der Waals surface area contributed by atoms with Crippen LogP contribution in [0.4, 0.5) is 0 Å². The summed E-state index contributed by atoms with van der Waals surface area (Å²) in [5.41, 5.74) is 2.25. The standard InChI is InChI=1S/C22H23NO4/c24-22-18(16-27-21-4-2-1-3-20(21)22)15-17-5-7-19(8-6-17)26-14-11-23-9-12-25-13-10-23/h1-8,15H,9-14,16H2. The lowest BCUT2D eigenvalue weighted by molar-refractivity contribution is 0.0322. The average Bonchev–Trinajstić information content (AvgIpc) is 2.72. The number of ether oxygens (including phenoxy) is 3. The van der Waals surface area contributed by atoms with Crippen LogP contribution in [0.15, 0.2) is 54.1 Å². The largest absolute Gasteiger partial charge is 0.492 e. The summed E-state index contributed by atoms with van der Waals surface area (Å²) in [7, 11) is 0. The fourth-order valence-corrected chi connectivity index (χ4v) is 3.26. The number of carbonyl (C=O) groups is 1. The van der Waals surface area contributed by atoms with Crippen molar-refractivity contribution in [3.8, 4) is 11.5 Å². The minimum Gasteiger partial charge on any atom is -0.492 e. The molecule has 1 saturated heterocycles. The number of fused-ring (bicyclic) bond motifs is 1. The topological polar surface area (TPSA) is 48.0 Å². The number of carbonyl (C=O) groups excluding carboxylic acids is 1. The van der Waals surface area contributed by atoms with Crippen molar-refractivity contribution in [1.29, 1.82) is 0 Å². The van der Waals surface area contributed by atoms with Crippen LogP contribution < -0.4 is 9.47 Å². The van der Waals surface area contributed by atoms with Crippen LogP contribution in [0.3, 0.4) is 0 Å². The molecule has 2 aliphatic rings. The van der Waals surface area contributed by atoms with Crippen LogP contribution in [0.5, 0.6) is 11.5 Å². The molecule has 0 bridgehead atoms. The zero-order valence-electron chi connectivity index (χ0n) is 15.2. The van der Waals surface area contributed by atoms with Crippen molar-refractivity contribution in [2.75, 3.05) is 46.1 Å². The molecule has 0 unspecified atom stereocenters. The van der Waals surface area contributed by atoms with Crippen molar-refractivity contribution in [2.45, 2.75) is 0 Å². The molecule has 5 heteroatoms. The van der Waals surface area contributed by atoms with Gasteiger partial charge >= 0.3 is 0 Å². The van der Waals surface area contributed by atoms with Gasteiger partial charge in [0.2, 0.25) is 0 Å². The minimum atomic E-state index is 0.0303. The summed E-state index contributed by atoms with van der Waals surface area (Å²) >= 11 is 0. The fraction of sp³-hybridized carbons (Fsp3) is 0.318. The first-order valence-corrected chi connectivity index (χ1v) is 9.30. The van der Waals surface area contributed by atoms with E-state index in [9.17, 15) is 4.79 Å². The summed E-state index contributed by atoms with van der Waals surface area (Å²) in [4.78, 5) is 14.9. The zero-order valence-corrected chi connectivity index (χ0v) is 15.2. The number of rotatable bonds is 5. The Morgan fingerprint density at radius 2 is 1.81 bits per heavy atom. The third-order valence-corrected chi connectivity index (χ3v) is 4.81. The van der Waals surface area contributed by atoms with Gasteiger partial charge in [0.1, 0.15) is 24.7 Å². The van der Waals surface area contributed by atoms with Crippen LogP contribution in [0.2, 0.25) is 0 Å². The summed E-state index contributed by atoms with van der Waals surface area (Å²) < 4.78 is 16.9. The van der Waals surface area contributed by atoms with Crippen LogP contribution in [0, 0.1) is 0 Å². The molecule has 5 nitrogen and oxygen atoms in total. The maximum Gasteiger partial charge on any atom is 0.196 e. The second-order valence-electron chi connectivity index (χ2n) is 6.66. The number of para-hydroxylation sites is 1. The molecule has 0 aliphatic carbocycles. The molecule has 4 rings (SSSR count). The van der Waals surface area contributed by atoms with E-state index in [4.69, 9.17) is 14.2 Å². The Bertz CT molecular complexity index is 822. The van der Waals surface area contributed by atoms with Gasteiger partial charge in [0.15, 0.2) is 5.78 Å². The molecule has 0 N–H and O–H groups in total. The quantitative estimate of drug-likeness (QED) is 0.762. The highest BCUT2D eigenvalue weighted by Crippen LogP contribution is 2.27. The molecule has 2 aromatic rings. The summed E-state index contributed by atoms with van der Waals surface area (Å²) in [5.74, 6) is 1.52. The van der Waals surface area contributed by atoms with E-state index in [-0.39, 0.29) is 5.78 Å². The lowest BCUT2D eigenvalue weighted by Crippen LogP contribution is -2.38. The molecule has 0 atom stereocenters. The number of benzene rings is 2. The highest BCUT2D eigenvalue weighted by atomic mass is 16.5. The SMILES string of the molecule is O=C1C(=Cc2ccc(OCCN3CCOCC3)cc2)COc2ccccc21. The summed E-state index contributed by atoms with van der Waals surface area (Å²) in [5, 5.41) is 0. The van der Waals surface area contributed by atoms with Gasteiger partial charge in [-0.1, -0.05) is 24.3 Å².